The van der Waals surface area contributed by atoms with Crippen molar-refractivity contribution < 1.29 is 19.3 Å². The Morgan fingerprint density at radius 3 is 2.22 bits per heavy atom. The first-order valence-electron chi connectivity index (χ1n) is 6.68. The maximum atomic E-state index is 10.8. The third-order valence-electron chi connectivity index (χ3n) is 3.88. The minimum absolute atomic E-state index is 0.0913. The molecule has 0 saturated carbocycles. The Labute approximate surface area is 110 Å². The Balaban J connectivity index is 2.12. The van der Waals surface area contributed by atoms with Crippen molar-refractivity contribution in [2.24, 2.45) is 5.41 Å². The second-order valence-corrected chi connectivity index (χ2v) is 7.47. The molecule has 2 saturated heterocycles. The molecule has 0 aromatic rings. The van der Waals surface area contributed by atoms with Crippen molar-refractivity contribution in [1.29, 1.82) is 0 Å². The van der Waals surface area contributed by atoms with E-state index in [2.05, 4.69) is 0 Å². The summed E-state index contributed by atoms with van der Waals surface area (Å²) in [5, 5.41) is 10.8. The van der Waals surface area contributed by atoms with Gasteiger partial charge in [0.05, 0.1) is 18.8 Å². The molecule has 2 aliphatic rings. The third kappa shape index (κ3) is 2.31. The van der Waals surface area contributed by atoms with Crippen LogP contribution in [0.15, 0.2) is 0 Å². The van der Waals surface area contributed by atoms with Crippen LogP contribution in [-0.4, -0.2) is 47.8 Å². The summed E-state index contributed by atoms with van der Waals surface area (Å²) in [5.41, 5.74) is -1.44. The lowest BCUT2D eigenvalue weighted by Crippen LogP contribution is -2.53. The van der Waals surface area contributed by atoms with Gasteiger partial charge in [-0.3, -0.25) is 0 Å². The van der Waals surface area contributed by atoms with Gasteiger partial charge in [-0.05, 0) is 26.2 Å². The quantitative estimate of drug-likeness (QED) is 0.778. The van der Waals surface area contributed by atoms with Crippen molar-refractivity contribution in [2.75, 3.05) is 13.2 Å². The molecule has 0 bridgehead atoms. The van der Waals surface area contributed by atoms with Crippen LogP contribution in [0.4, 0.5) is 0 Å². The van der Waals surface area contributed by atoms with E-state index in [1.807, 2.05) is 41.5 Å². The van der Waals surface area contributed by atoms with Gasteiger partial charge in [0.25, 0.3) is 0 Å². The molecule has 4 heteroatoms. The van der Waals surface area contributed by atoms with Crippen molar-refractivity contribution in [1.82, 2.24) is 0 Å². The molecule has 0 radical (unpaired) electrons. The molecular weight excluding hydrogens is 232 g/mol. The summed E-state index contributed by atoms with van der Waals surface area (Å²) in [6.07, 6.45) is -0.537. The lowest BCUT2D eigenvalue weighted by molar-refractivity contribution is -0.138. The van der Waals surface area contributed by atoms with Crippen LogP contribution in [0.3, 0.4) is 0 Å². The second kappa shape index (κ2) is 4.17. The molecule has 106 valence electrons. The molecule has 0 spiro atoms. The van der Waals surface area contributed by atoms with Gasteiger partial charge in [0.1, 0.15) is 23.9 Å². The average Bonchev–Trinajstić information content (AvgIpc) is 2.67. The number of rotatable bonds is 1. The largest absolute Gasteiger partial charge is 0.384 e. The summed E-state index contributed by atoms with van der Waals surface area (Å²) >= 11 is 0. The van der Waals surface area contributed by atoms with Crippen LogP contribution in [0.25, 0.3) is 0 Å². The van der Waals surface area contributed by atoms with Crippen LogP contribution in [0.5, 0.6) is 0 Å². The molecule has 0 amide bonds. The molecule has 0 aromatic carbocycles. The van der Waals surface area contributed by atoms with E-state index in [4.69, 9.17) is 14.2 Å². The Kier molecular flexibility index (Phi) is 3.30. The lowest BCUT2D eigenvalue weighted by atomic mass is 9.73. The summed E-state index contributed by atoms with van der Waals surface area (Å²) in [7, 11) is 0. The summed E-state index contributed by atoms with van der Waals surface area (Å²) in [4.78, 5) is 0. The zero-order valence-corrected chi connectivity index (χ0v) is 12.3. The molecule has 18 heavy (non-hydrogen) atoms. The van der Waals surface area contributed by atoms with E-state index >= 15 is 0 Å². The highest BCUT2D eigenvalue weighted by molar-refractivity contribution is 5.09. The van der Waals surface area contributed by atoms with Crippen LogP contribution >= 0.6 is 0 Å². The first-order chi connectivity index (χ1) is 8.05. The van der Waals surface area contributed by atoms with E-state index in [0.717, 1.165) is 0 Å². The molecule has 1 unspecified atom stereocenters. The Morgan fingerprint density at radius 1 is 1.11 bits per heavy atom. The fraction of sp³-hybridized carbons (Fsp3) is 1.00. The summed E-state index contributed by atoms with van der Waals surface area (Å²) in [5.74, 6) is 0. The fourth-order valence-electron chi connectivity index (χ4n) is 2.69. The van der Waals surface area contributed by atoms with E-state index in [1.54, 1.807) is 0 Å². The van der Waals surface area contributed by atoms with Crippen molar-refractivity contribution >= 4 is 0 Å². The maximum absolute atomic E-state index is 10.8. The zero-order chi connectivity index (χ0) is 13.8. The van der Waals surface area contributed by atoms with E-state index in [1.165, 1.54) is 0 Å². The normalized spacial score (nSPS) is 41.2. The van der Waals surface area contributed by atoms with Gasteiger partial charge in [-0.1, -0.05) is 20.8 Å². The smallest absolute Gasteiger partial charge is 0.121 e. The summed E-state index contributed by atoms with van der Waals surface area (Å²) in [6.45, 7) is 12.9. The Morgan fingerprint density at radius 2 is 1.72 bits per heavy atom. The highest BCUT2D eigenvalue weighted by atomic mass is 16.6. The number of aliphatic hydroxyl groups is 1. The Hall–Kier alpha value is -0.160. The topological polar surface area (TPSA) is 47.9 Å². The van der Waals surface area contributed by atoms with Crippen molar-refractivity contribution in [3.63, 3.8) is 0 Å². The predicted molar refractivity (Wildman–Crippen MR) is 68.5 cm³/mol. The van der Waals surface area contributed by atoms with Crippen molar-refractivity contribution in [3.8, 4) is 0 Å². The van der Waals surface area contributed by atoms with Gasteiger partial charge >= 0.3 is 0 Å². The van der Waals surface area contributed by atoms with Crippen LogP contribution in [0.1, 0.15) is 41.5 Å². The van der Waals surface area contributed by atoms with E-state index < -0.39 is 5.60 Å². The highest BCUT2D eigenvalue weighted by Gasteiger charge is 2.61. The van der Waals surface area contributed by atoms with Gasteiger partial charge in [0.15, 0.2) is 0 Å². The summed E-state index contributed by atoms with van der Waals surface area (Å²) in [6, 6.07) is 0. The van der Waals surface area contributed by atoms with Gasteiger partial charge in [-0.25, -0.2) is 0 Å². The fourth-order valence-corrected chi connectivity index (χ4v) is 2.69. The standard InChI is InChI=1S/C14H26O4/c1-12(2,3)14(15)8-17-10-9(7-16-11(10)14)18-13(4,5)6/h9-11,15H,7-8H2,1-6H3/t9-,10-,11+,14?/m1/s1. The first-order valence-corrected chi connectivity index (χ1v) is 6.68. The lowest BCUT2D eigenvalue weighted by Gasteiger charge is -2.39. The van der Waals surface area contributed by atoms with Crippen molar-refractivity contribution in [2.45, 2.75) is 71.1 Å². The molecule has 4 nitrogen and oxygen atoms in total. The Bertz CT molecular complexity index is 315. The van der Waals surface area contributed by atoms with Crippen LogP contribution in [0.2, 0.25) is 0 Å². The monoisotopic (exact) mass is 258 g/mol. The molecule has 2 rings (SSSR count). The highest BCUT2D eigenvalue weighted by Crippen LogP contribution is 2.45. The second-order valence-electron chi connectivity index (χ2n) is 7.47. The number of fused-ring (bicyclic) bond motifs is 1. The first kappa shape index (κ1) is 14.3. The molecule has 0 aromatic heterocycles. The van der Waals surface area contributed by atoms with Crippen LogP contribution < -0.4 is 0 Å². The predicted octanol–water partition coefficient (Wildman–Crippen LogP) is 1.74. The van der Waals surface area contributed by atoms with Gasteiger partial charge in [0.2, 0.25) is 0 Å². The van der Waals surface area contributed by atoms with E-state index in [-0.39, 0.29) is 29.3 Å². The van der Waals surface area contributed by atoms with E-state index in [9.17, 15) is 5.11 Å². The SMILES string of the molecule is CC(C)(C)O[C@@H]1CO[C@H]2[C@@H]1OCC2(O)C(C)(C)C. The zero-order valence-electron chi connectivity index (χ0n) is 12.3. The molecule has 1 N–H and O–H groups in total. The van der Waals surface area contributed by atoms with Gasteiger partial charge in [-0.2, -0.15) is 0 Å². The third-order valence-corrected chi connectivity index (χ3v) is 3.88. The van der Waals surface area contributed by atoms with Crippen LogP contribution in [-0.2, 0) is 14.2 Å². The van der Waals surface area contributed by atoms with Gasteiger partial charge < -0.3 is 19.3 Å². The average molecular weight is 258 g/mol. The number of hydrogen-bond acceptors (Lipinski definition) is 4. The molecule has 2 aliphatic heterocycles. The van der Waals surface area contributed by atoms with Gasteiger partial charge in [0, 0.05) is 0 Å². The maximum Gasteiger partial charge on any atom is 0.121 e. The number of hydrogen-bond donors (Lipinski definition) is 1. The van der Waals surface area contributed by atoms with Crippen molar-refractivity contribution in [3.05, 3.63) is 0 Å². The molecular formula is C14H26O4. The summed E-state index contributed by atoms with van der Waals surface area (Å²) < 4.78 is 17.5. The minimum Gasteiger partial charge on any atom is -0.384 e. The molecule has 0 aliphatic carbocycles. The molecule has 4 atom stereocenters. The van der Waals surface area contributed by atoms with Crippen LogP contribution in [0, 0.1) is 5.41 Å². The molecule has 2 fully saturated rings. The van der Waals surface area contributed by atoms with E-state index in [0.29, 0.717) is 13.2 Å². The molecule has 2 heterocycles. The minimum atomic E-state index is -0.937. The number of ether oxygens (including phenoxy) is 3. The van der Waals surface area contributed by atoms with Gasteiger partial charge in [-0.15, -0.1) is 0 Å².